The number of amides is 3. The molecule has 9 heteroatoms. The quantitative estimate of drug-likeness (QED) is 0.686. The fourth-order valence-corrected chi connectivity index (χ4v) is 3.50. The maximum absolute atomic E-state index is 12.6. The number of thioether (sulfide) groups is 1. The molecule has 112 valence electrons. The summed E-state index contributed by atoms with van der Waals surface area (Å²) in [5.74, 6) is -1.35. The predicted molar refractivity (Wildman–Crippen MR) is 71.1 cm³/mol. The number of carbonyl (C=O) groups excluding carboxylic acids is 2. The maximum Gasteiger partial charge on any atom is 0.327 e. The fraction of sp³-hybridized carbons (Fsp3) is 0.727. The van der Waals surface area contributed by atoms with E-state index in [4.69, 9.17) is 10.5 Å². The molecular formula is C11H17N3O5S. The second-order valence-electron chi connectivity index (χ2n) is 4.66. The van der Waals surface area contributed by atoms with Crippen molar-refractivity contribution in [3.05, 3.63) is 0 Å². The van der Waals surface area contributed by atoms with E-state index in [1.807, 2.05) is 0 Å². The molecule has 2 fully saturated rings. The highest BCUT2D eigenvalue weighted by Gasteiger charge is 2.44. The summed E-state index contributed by atoms with van der Waals surface area (Å²) in [4.78, 5) is 37.8. The zero-order valence-corrected chi connectivity index (χ0v) is 11.8. The molecule has 3 amide bonds. The van der Waals surface area contributed by atoms with Crippen molar-refractivity contribution < 1.29 is 24.2 Å². The highest BCUT2D eigenvalue weighted by atomic mass is 32.2. The summed E-state index contributed by atoms with van der Waals surface area (Å²) in [6.07, 6.45) is 0. The summed E-state index contributed by atoms with van der Waals surface area (Å²) in [6.45, 7) is 2.36. The lowest BCUT2D eigenvalue weighted by Gasteiger charge is -2.38. The molecule has 0 aromatic rings. The summed E-state index contributed by atoms with van der Waals surface area (Å²) < 4.78 is 5.15. The van der Waals surface area contributed by atoms with E-state index in [0.29, 0.717) is 12.4 Å². The number of hydrogen-bond acceptors (Lipinski definition) is 5. The Hall–Kier alpha value is -1.48. The molecule has 20 heavy (non-hydrogen) atoms. The van der Waals surface area contributed by atoms with Crippen molar-refractivity contribution in [3.8, 4) is 0 Å². The molecule has 2 saturated heterocycles. The SMILES string of the molecule is CC1SCC(C(=O)O)N1C(=O)N1CCOCC1C(N)=O. The first-order valence-corrected chi connectivity index (χ1v) is 7.28. The van der Waals surface area contributed by atoms with Gasteiger partial charge in [0.1, 0.15) is 12.1 Å². The van der Waals surface area contributed by atoms with Crippen molar-refractivity contribution in [1.82, 2.24) is 9.80 Å². The average Bonchev–Trinajstić information content (AvgIpc) is 2.80. The monoisotopic (exact) mass is 303 g/mol. The zero-order valence-electron chi connectivity index (χ0n) is 11.0. The number of carboxylic acid groups (broad SMARTS) is 1. The number of carbonyl (C=O) groups is 3. The zero-order chi connectivity index (χ0) is 14.9. The van der Waals surface area contributed by atoms with Gasteiger partial charge in [0.2, 0.25) is 5.91 Å². The van der Waals surface area contributed by atoms with Crippen LogP contribution in [-0.4, -0.2) is 75.8 Å². The normalized spacial score (nSPS) is 30.4. The summed E-state index contributed by atoms with van der Waals surface area (Å²) in [5.41, 5.74) is 5.27. The standard InChI is InChI=1S/C11H17N3O5S/c1-6-14(8(5-20-6)10(16)17)11(18)13-2-3-19-4-7(13)9(12)15/h6-8H,2-5H2,1H3,(H2,12,15)(H,16,17). The number of morpholine rings is 1. The van der Waals surface area contributed by atoms with E-state index in [0.717, 1.165) is 0 Å². The molecule has 0 aliphatic carbocycles. The van der Waals surface area contributed by atoms with E-state index in [1.165, 1.54) is 21.6 Å². The van der Waals surface area contributed by atoms with Crippen LogP contribution < -0.4 is 5.73 Å². The van der Waals surface area contributed by atoms with Crippen molar-refractivity contribution in [2.24, 2.45) is 5.73 Å². The molecule has 0 spiro atoms. The highest BCUT2D eigenvalue weighted by molar-refractivity contribution is 8.00. The highest BCUT2D eigenvalue weighted by Crippen LogP contribution is 2.30. The van der Waals surface area contributed by atoms with Gasteiger partial charge in [-0.15, -0.1) is 11.8 Å². The summed E-state index contributed by atoms with van der Waals surface area (Å²) in [7, 11) is 0. The van der Waals surface area contributed by atoms with Crippen LogP contribution in [0.2, 0.25) is 0 Å². The first-order valence-electron chi connectivity index (χ1n) is 6.24. The molecule has 2 rings (SSSR count). The Morgan fingerprint density at radius 3 is 2.65 bits per heavy atom. The average molecular weight is 303 g/mol. The number of aliphatic carboxylic acids is 1. The van der Waals surface area contributed by atoms with Gasteiger partial charge in [0.05, 0.1) is 18.6 Å². The maximum atomic E-state index is 12.6. The summed E-state index contributed by atoms with van der Waals surface area (Å²) >= 11 is 1.39. The minimum Gasteiger partial charge on any atom is -0.480 e. The summed E-state index contributed by atoms with van der Waals surface area (Å²) in [6, 6.07) is -2.19. The number of carboxylic acids is 1. The van der Waals surface area contributed by atoms with Crippen LogP contribution in [0.4, 0.5) is 4.79 Å². The van der Waals surface area contributed by atoms with Gasteiger partial charge in [-0.2, -0.15) is 0 Å². The number of primary amides is 1. The van der Waals surface area contributed by atoms with E-state index >= 15 is 0 Å². The van der Waals surface area contributed by atoms with Crippen molar-refractivity contribution >= 4 is 29.7 Å². The van der Waals surface area contributed by atoms with Crippen LogP contribution in [-0.2, 0) is 14.3 Å². The molecule has 2 aliphatic heterocycles. The van der Waals surface area contributed by atoms with Gasteiger partial charge in [-0.25, -0.2) is 9.59 Å². The van der Waals surface area contributed by atoms with Gasteiger partial charge in [-0.05, 0) is 6.92 Å². The first kappa shape index (κ1) is 14.9. The Labute approximate surface area is 120 Å². The second kappa shape index (κ2) is 5.88. The molecule has 8 nitrogen and oxygen atoms in total. The van der Waals surface area contributed by atoms with Crippen molar-refractivity contribution in [2.45, 2.75) is 24.4 Å². The minimum atomic E-state index is -1.04. The van der Waals surface area contributed by atoms with Gasteiger partial charge in [-0.3, -0.25) is 9.69 Å². The molecule has 0 radical (unpaired) electrons. The lowest BCUT2D eigenvalue weighted by Crippen LogP contribution is -2.60. The van der Waals surface area contributed by atoms with Gasteiger partial charge in [0, 0.05) is 12.3 Å². The fourth-order valence-electron chi connectivity index (χ4n) is 2.34. The van der Waals surface area contributed by atoms with E-state index in [1.54, 1.807) is 6.92 Å². The molecule has 0 aromatic heterocycles. The van der Waals surface area contributed by atoms with E-state index < -0.39 is 30.0 Å². The van der Waals surface area contributed by atoms with E-state index in [-0.39, 0.29) is 18.5 Å². The Morgan fingerprint density at radius 2 is 2.05 bits per heavy atom. The molecule has 0 bridgehead atoms. The third-order valence-corrected chi connectivity index (χ3v) is 4.65. The lowest BCUT2D eigenvalue weighted by atomic mass is 10.2. The van der Waals surface area contributed by atoms with Crippen LogP contribution in [0.5, 0.6) is 0 Å². The van der Waals surface area contributed by atoms with Gasteiger partial charge in [0.15, 0.2) is 0 Å². The predicted octanol–water partition coefficient (Wildman–Crippen LogP) is -0.859. The molecule has 2 aliphatic rings. The number of rotatable bonds is 2. The molecule has 3 unspecified atom stereocenters. The smallest absolute Gasteiger partial charge is 0.327 e. The Kier molecular flexibility index (Phi) is 4.39. The van der Waals surface area contributed by atoms with Gasteiger partial charge in [0.25, 0.3) is 0 Å². The molecule has 0 saturated carbocycles. The first-order chi connectivity index (χ1) is 9.43. The molecule has 3 N–H and O–H groups in total. The van der Waals surface area contributed by atoms with E-state index in [2.05, 4.69) is 0 Å². The van der Waals surface area contributed by atoms with Gasteiger partial charge >= 0.3 is 12.0 Å². The van der Waals surface area contributed by atoms with Crippen LogP contribution in [0, 0.1) is 0 Å². The van der Waals surface area contributed by atoms with Crippen LogP contribution in [0.25, 0.3) is 0 Å². The van der Waals surface area contributed by atoms with Gasteiger partial charge in [-0.1, -0.05) is 0 Å². The van der Waals surface area contributed by atoms with Crippen molar-refractivity contribution in [2.75, 3.05) is 25.5 Å². The Bertz CT molecular complexity index is 432. The third-order valence-electron chi connectivity index (χ3n) is 3.43. The number of nitrogens with zero attached hydrogens (tertiary/aromatic N) is 2. The number of hydrogen-bond donors (Lipinski definition) is 2. The van der Waals surface area contributed by atoms with Crippen LogP contribution in [0.15, 0.2) is 0 Å². The molecular weight excluding hydrogens is 286 g/mol. The largest absolute Gasteiger partial charge is 0.480 e. The van der Waals surface area contributed by atoms with Crippen molar-refractivity contribution in [3.63, 3.8) is 0 Å². The van der Waals surface area contributed by atoms with Crippen LogP contribution >= 0.6 is 11.8 Å². The van der Waals surface area contributed by atoms with Crippen molar-refractivity contribution in [1.29, 1.82) is 0 Å². The lowest BCUT2D eigenvalue weighted by molar-refractivity contribution is -0.141. The summed E-state index contributed by atoms with van der Waals surface area (Å²) in [5, 5.41) is 8.93. The number of ether oxygens (including phenoxy) is 1. The number of urea groups is 1. The Balaban J connectivity index is 2.19. The second-order valence-corrected chi connectivity index (χ2v) is 6.01. The van der Waals surface area contributed by atoms with E-state index in [9.17, 15) is 19.5 Å². The third kappa shape index (κ3) is 2.68. The molecule has 3 atom stereocenters. The van der Waals surface area contributed by atoms with Gasteiger partial charge < -0.3 is 20.5 Å². The van der Waals surface area contributed by atoms with Crippen LogP contribution in [0.3, 0.4) is 0 Å². The Morgan fingerprint density at radius 1 is 1.35 bits per heavy atom. The topological polar surface area (TPSA) is 113 Å². The molecule has 2 heterocycles. The molecule has 0 aromatic carbocycles. The van der Waals surface area contributed by atoms with Crippen LogP contribution in [0.1, 0.15) is 6.92 Å². The number of nitrogens with two attached hydrogens (primary N) is 1. The minimum absolute atomic E-state index is 0.0498.